The quantitative estimate of drug-likeness (QED) is 0.794. The minimum atomic E-state index is 0.453. The monoisotopic (exact) mass is 306 g/mol. The summed E-state index contributed by atoms with van der Waals surface area (Å²) in [5.74, 6) is 1.40. The highest BCUT2D eigenvalue weighted by Crippen LogP contribution is 2.19. The molecule has 2 aromatic heterocycles. The van der Waals surface area contributed by atoms with Gasteiger partial charge in [0, 0.05) is 25.3 Å². The second-order valence-electron chi connectivity index (χ2n) is 5.91. The number of hydrogen-bond donors (Lipinski definition) is 0. The summed E-state index contributed by atoms with van der Waals surface area (Å²) in [4.78, 5) is 11.3. The summed E-state index contributed by atoms with van der Waals surface area (Å²) in [7, 11) is 0. The molecular weight excluding hydrogens is 284 g/mol. The van der Waals surface area contributed by atoms with Gasteiger partial charge in [-0.2, -0.15) is 0 Å². The first-order valence-electron chi connectivity index (χ1n) is 7.88. The molecule has 1 unspecified atom stereocenters. The minimum Gasteiger partial charge on any atom is -0.327 e. The maximum absolute atomic E-state index is 6.04. The largest absolute Gasteiger partial charge is 0.327 e. The third kappa shape index (κ3) is 3.22. The molecule has 21 heavy (non-hydrogen) atoms. The van der Waals surface area contributed by atoms with Crippen molar-refractivity contribution in [3.05, 3.63) is 24.3 Å². The lowest BCUT2D eigenvalue weighted by Gasteiger charge is -2.33. The van der Waals surface area contributed by atoms with Gasteiger partial charge < -0.3 is 9.47 Å². The molecule has 1 atom stereocenters. The Bertz CT molecular complexity index is 595. The van der Waals surface area contributed by atoms with Crippen LogP contribution in [0.1, 0.15) is 38.4 Å². The van der Waals surface area contributed by atoms with Crippen molar-refractivity contribution in [2.45, 2.75) is 51.1 Å². The first-order chi connectivity index (χ1) is 10.3. The highest BCUT2D eigenvalue weighted by molar-refractivity contribution is 6.16. The predicted molar refractivity (Wildman–Crippen MR) is 86.6 cm³/mol. The van der Waals surface area contributed by atoms with E-state index in [1.165, 1.54) is 25.8 Å². The van der Waals surface area contributed by atoms with Gasteiger partial charge in [0.25, 0.3) is 0 Å². The Morgan fingerprint density at radius 1 is 1.33 bits per heavy atom. The van der Waals surface area contributed by atoms with Gasteiger partial charge in [-0.3, -0.25) is 4.98 Å². The van der Waals surface area contributed by atoms with E-state index < -0.39 is 0 Å². The van der Waals surface area contributed by atoms with Crippen LogP contribution in [0.15, 0.2) is 18.5 Å². The second-order valence-corrected chi connectivity index (χ2v) is 6.18. The van der Waals surface area contributed by atoms with Gasteiger partial charge in [-0.1, -0.05) is 6.42 Å². The van der Waals surface area contributed by atoms with Gasteiger partial charge in [0.15, 0.2) is 0 Å². The molecule has 0 amide bonds. The van der Waals surface area contributed by atoms with Crippen LogP contribution in [0, 0.1) is 0 Å². The molecule has 1 fully saturated rings. The Kier molecular flexibility index (Phi) is 4.76. The topological polar surface area (TPSA) is 34.0 Å². The molecule has 0 bridgehead atoms. The summed E-state index contributed by atoms with van der Waals surface area (Å²) in [5.41, 5.74) is 2.09. The molecule has 5 heteroatoms. The number of rotatable bonds is 5. The van der Waals surface area contributed by atoms with Crippen LogP contribution in [-0.4, -0.2) is 38.6 Å². The minimum absolute atomic E-state index is 0.453. The van der Waals surface area contributed by atoms with E-state index >= 15 is 0 Å². The molecule has 0 saturated carbocycles. The molecular formula is C16H23ClN4. The van der Waals surface area contributed by atoms with Crippen LogP contribution in [0.4, 0.5) is 0 Å². The summed E-state index contributed by atoms with van der Waals surface area (Å²) in [6.45, 7) is 5.74. The summed E-state index contributed by atoms with van der Waals surface area (Å²) in [6, 6.07) is 2.76. The normalized spacial score (nSPS) is 20.2. The van der Waals surface area contributed by atoms with E-state index in [0.29, 0.717) is 5.88 Å². The van der Waals surface area contributed by atoms with Gasteiger partial charge in [-0.05, 0) is 38.8 Å². The van der Waals surface area contributed by atoms with E-state index in [0.717, 1.165) is 42.4 Å². The maximum atomic E-state index is 6.04. The van der Waals surface area contributed by atoms with Crippen LogP contribution in [0.2, 0.25) is 0 Å². The second kappa shape index (κ2) is 6.75. The van der Waals surface area contributed by atoms with E-state index in [-0.39, 0.29) is 0 Å². The van der Waals surface area contributed by atoms with Crippen molar-refractivity contribution in [1.29, 1.82) is 0 Å². The van der Waals surface area contributed by atoms with Gasteiger partial charge in [0.2, 0.25) is 0 Å². The van der Waals surface area contributed by atoms with Crippen molar-refractivity contribution < 1.29 is 0 Å². The first kappa shape index (κ1) is 14.8. The zero-order valence-electron chi connectivity index (χ0n) is 12.6. The summed E-state index contributed by atoms with van der Waals surface area (Å²) >= 11 is 6.04. The highest BCUT2D eigenvalue weighted by Gasteiger charge is 2.17. The molecule has 1 saturated heterocycles. The number of alkyl halides is 1. The molecule has 4 nitrogen and oxygen atoms in total. The Morgan fingerprint density at radius 3 is 3.05 bits per heavy atom. The smallest absolute Gasteiger partial charge is 0.124 e. The van der Waals surface area contributed by atoms with Crippen LogP contribution in [0.3, 0.4) is 0 Å². The predicted octanol–water partition coefficient (Wildman–Crippen LogP) is 3.43. The number of likely N-dealkylation sites (tertiary alicyclic amines) is 1. The van der Waals surface area contributed by atoms with Crippen molar-refractivity contribution in [3.8, 4) is 0 Å². The van der Waals surface area contributed by atoms with Crippen LogP contribution in [-0.2, 0) is 12.4 Å². The average molecular weight is 307 g/mol. The Balaban J connectivity index is 1.67. The summed E-state index contributed by atoms with van der Waals surface area (Å²) in [5, 5.41) is 0. The number of aryl methyl sites for hydroxylation is 1. The third-order valence-electron chi connectivity index (χ3n) is 4.52. The molecule has 0 aromatic carbocycles. The van der Waals surface area contributed by atoms with E-state index in [2.05, 4.69) is 26.4 Å². The molecule has 3 heterocycles. The number of hydrogen-bond acceptors (Lipinski definition) is 3. The standard InChI is InChI=1S/C16H23ClN4/c1-13-5-2-3-8-20(13)9-4-10-21-15-6-7-18-12-14(15)19-16(21)11-17/h6-7,12-13H,2-5,8-11H2,1H3. The number of piperidine rings is 1. The first-order valence-corrected chi connectivity index (χ1v) is 8.42. The SMILES string of the molecule is CC1CCCCN1CCCn1c(CCl)nc2cnccc21. The van der Waals surface area contributed by atoms with E-state index in [1.54, 1.807) is 0 Å². The number of imidazole rings is 1. The lowest BCUT2D eigenvalue weighted by Crippen LogP contribution is -2.38. The fourth-order valence-corrected chi connectivity index (χ4v) is 3.51. The summed E-state index contributed by atoms with van der Waals surface area (Å²) in [6.07, 6.45) is 8.85. The van der Waals surface area contributed by atoms with Gasteiger partial charge in [0.1, 0.15) is 11.3 Å². The Morgan fingerprint density at radius 2 is 2.24 bits per heavy atom. The maximum Gasteiger partial charge on any atom is 0.124 e. The van der Waals surface area contributed by atoms with Crippen molar-refractivity contribution in [3.63, 3.8) is 0 Å². The van der Waals surface area contributed by atoms with Crippen LogP contribution in [0.5, 0.6) is 0 Å². The van der Waals surface area contributed by atoms with E-state index in [4.69, 9.17) is 11.6 Å². The van der Waals surface area contributed by atoms with Crippen molar-refractivity contribution in [2.24, 2.45) is 0 Å². The fourth-order valence-electron chi connectivity index (χ4n) is 3.30. The Hall–Kier alpha value is -1.13. The summed E-state index contributed by atoms with van der Waals surface area (Å²) < 4.78 is 2.25. The zero-order chi connectivity index (χ0) is 14.7. The van der Waals surface area contributed by atoms with Crippen LogP contribution in [0.25, 0.3) is 11.0 Å². The number of halogens is 1. The molecule has 3 rings (SSSR count). The van der Waals surface area contributed by atoms with Gasteiger partial charge >= 0.3 is 0 Å². The molecule has 0 N–H and O–H groups in total. The molecule has 0 spiro atoms. The van der Waals surface area contributed by atoms with E-state index in [1.807, 2.05) is 18.5 Å². The Labute approximate surface area is 131 Å². The van der Waals surface area contributed by atoms with E-state index in [9.17, 15) is 0 Å². The molecule has 1 aliphatic heterocycles. The van der Waals surface area contributed by atoms with Crippen molar-refractivity contribution in [1.82, 2.24) is 19.4 Å². The zero-order valence-corrected chi connectivity index (χ0v) is 13.4. The lowest BCUT2D eigenvalue weighted by atomic mass is 10.0. The molecule has 0 aliphatic carbocycles. The van der Waals surface area contributed by atoms with Gasteiger partial charge in [-0.15, -0.1) is 11.6 Å². The van der Waals surface area contributed by atoms with Crippen molar-refractivity contribution in [2.75, 3.05) is 13.1 Å². The van der Waals surface area contributed by atoms with Crippen LogP contribution < -0.4 is 0 Å². The number of fused-ring (bicyclic) bond motifs is 1. The average Bonchev–Trinajstić information content (AvgIpc) is 2.87. The molecule has 0 radical (unpaired) electrons. The van der Waals surface area contributed by atoms with Gasteiger partial charge in [-0.25, -0.2) is 4.98 Å². The number of aromatic nitrogens is 3. The third-order valence-corrected chi connectivity index (χ3v) is 4.76. The lowest BCUT2D eigenvalue weighted by molar-refractivity contribution is 0.157. The molecule has 2 aromatic rings. The molecule has 1 aliphatic rings. The molecule has 114 valence electrons. The highest BCUT2D eigenvalue weighted by atomic mass is 35.5. The van der Waals surface area contributed by atoms with Crippen LogP contribution >= 0.6 is 11.6 Å². The van der Waals surface area contributed by atoms with Gasteiger partial charge in [0.05, 0.1) is 17.6 Å². The number of pyridine rings is 1. The van der Waals surface area contributed by atoms with Crippen molar-refractivity contribution >= 4 is 22.6 Å². The number of nitrogens with zero attached hydrogens (tertiary/aromatic N) is 4. The fraction of sp³-hybridized carbons (Fsp3) is 0.625.